The summed E-state index contributed by atoms with van der Waals surface area (Å²) >= 11 is 13.0. The van der Waals surface area contributed by atoms with Crippen LogP contribution in [0.4, 0.5) is 11.4 Å². The summed E-state index contributed by atoms with van der Waals surface area (Å²) in [5.41, 5.74) is 5.15. The first-order valence-electron chi connectivity index (χ1n) is 14.2. The molecule has 216 valence electrons. The van der Waals surface area contributed by atoms with Crippen molar-refractivity contribution in [1.82, 2.24) is 14.9 Å². The summed E-state index contributed by atoms with van der Waals surface area (Å²) in [5.74, 6) is 0.858. The van der Waals surface area contributed by atoms with Gasteiger partial charge in [-0.15, -0.1) is 0 Å². The minimum Gasteiger partial charge on any atom is -0.465 e. The Bertz CT molecular complexity index is 1600. The first kappa shape index (κ1) is 28.2. The highest BCUT2D eigenvalue weighted by Gasteiger charge is 2.42. The average Bonchev–Trinajstić information content (AvgIpc) is 3.61. The van der Waals surface area contributed by atoms with Crippen LogP contribution in [-0.2, 0) is 4.74 Å². The number of hydrogen-bond donors (Lipinski definition) is 1. The molecule has 2 aliphatic rings. The predicted octanol–water partition coefficient (Wildman–Crippen LogP) is 6.97. The van der Waals surface area contributed by atoms with E-state index in [-0.39, 0.29) is 18.1 Å². The molecule has 0 amide bonds. The molecule has 0 aliphatic carbocycles. The fourth-order valence-corrected chi connectivity index (χ4v) is 7.11. The third-order valence-electron chi connectivity index (χ3n) is 8.15. The normalized spacial score (nSPS) is 22.2. The molecule has 2 aromatic heterocycles. The first-order valence-corrected chi connectivity index (χ1v) is 15.0. The maximum atomic E-state index is 12.3. The number of carbonyl (C=O) groups excluding carboxylic acids is 1. The van der Waals surface area contributed by atoms with Crippen molar-refractivity contribution in [1.29, 1.82) is 0 Å². The Kier molecular flexibility index (Phi) is 7.92. The van der Waals surface area contributed by atoms with Gasteiger partial charge in [-0.2, -0.15) is 0 Å². The van der Waals surface area contributed by atoms with Gasteiger partial charge in [0.2, 0.25) is 0 Å². The lowest BCUT2D eigenvalue weighted by molar-refractivity contribution is 0.0600. The topological polar surface area (TPSA) is 62.6 Å². The largest absolute Gasteiger partial charge is 0.465 e. The molecule has 42 heavy (non-hydrogen) atoms. The van der Waals surface area contributed by atoms with Crippen molar-refractivity contribution in [3.8, 4) is 5.69 Å². The van der Waals surface area contributed by atoms with Crippen molar-refractivity contribution in [3.63, 3.8) is 0 Å². The third kappa shape index (κ3) is 5.37. The molecule has 7 nitrogen and oxygen atoms in total. The van der Waals surface area contributed by atoms with Gasteiger partial charge in [0.15, 0.2) is 5.11 Å². The lowest BCUT2D eigenvalue weighted by Gasteiger charge is -2.37. The van der Waals surface area contributed by atoms with Gasteiger partial charge in [-0.05, 0) is 91.1 Å². The number of piperidine rings is 1. The van der Waals surface area contributed by atoms with Gasteiger partial charge in [0.1, 0.15) is 6.04 Å². The number of aromatic nitrogens is 2. The Morgan fingerprint density at radius 3 is 2.52 bits per heavy atom. The van der Waals surface area contributed by atoms with Crippen molar-refractivity contribution in [2.24, 2.45) is 11.8 Å². The van der Waals surface area contributed by atoms with Gasteiger partial charge >= 0.3 is 5.97 Å². The van der Waals surface area contributed by atoms with Crippen LogP contribution in [0.25, 0.3) is 5.69 Å². The maximum absolute atomic E-state index is 12.3. The summed E-state index contributed by atoms with van der Waals surface area (Å²) in [6, 6.07) is 23.2. The number of rotatable bonds is 6. The molecule has 0 bridgehead atoms. The number of anilines is 2. The lowest BCUT2D eigenvalue weighted by atomic mass is 9.91. The molecule has 1 N–H and O–H groups in total. The molecule has 6 rings (SSSR count). The number of halogens is 1. The highest BCUT2D eigenvalue weighted by molar-refractivity contribution is 7.80. The van der Waals surface area contributed by atoms with E-state index in [1.54, 1.807) is 12.3 Å². The fraction of sp³-hybridized carbons (Fsp3) is 0.303. The van der Waals surface area contributed by atoms with Crippen molar-refractivity contribution in [3.05, 3.63) is 107 Å². The van der Waals surface area contributed by atoms with Gasteiger partial charge in [-0.25, -0.2) is 4.79 Å². The summed E-state index contributed by atoms with van der Waals surface area (Å²) in [7, 11) is 1.39. The Balaban J connectivity index is 1.43. The SMILES string of the molecule is COC(=O)c1cccc(-n2cccc2[C@@H]2[C@@H](c3ccccn3)NC(=S)N2c2ccc(N3C[C@H](C)C[C@H](C)C3)c(Cl)c2)c1. The lowest BCUT2D eigenvalue weighted by Crippen LogP contribution is -2.38. The van der Waals surface area contributed by atoms with Crippen molar-refractivity contribution in [2.45, 2.75) is 32.4 Å². The number of pyridine rings is 1. The van der Waals surface area contributed by atoms with E-state index in [0.29, 0.717) is 27.5 Å². The van der Waals surface area contributed by atoms with E-state index in [2.05, 4.69) is 56.7 Å². The highest BCUT2D eigenvalue weighted by Crippen LogP contribution is 2.44. The third-order valence-corrected chi connectivity index (χ3v) is 8.76. The van der Waals surface area contributed by atoms with Crippen LogP contribution in [0, 0.1) is 11.8 Å². The quantitative estimate of drug-likeness (QED) is 0.190. The number of ether oxygens (including phenoxy) is 1. The van der Waals surface area contributed by atoms with Crippen molar-refractivity contribution >= 4 is 46.3 Å². The van der Waals surface area contributed by atoms with E-state index in [4.69, 9.17) is 28.6 Å². The molecule has 0 unspecified atom stereocenters. The number of esters is 1. The van der Waals surface area contributed by atoms with Gasteiger partial charge in [0, 0.05) is 42.6 Å². The second kappa shape index (κ2) is 11.8. The molecule has 2 fully saturated rings. The van der Waals surface area contributed by atoms with Crippen LogP contribution in [0.2, 0.25) is 5.02 Å². The molecule has 4 aromatic rings. The van der Waals surface area contributed by atoms with Crippen LogP contribution < -0.4 is 15.1 Å². The van der Waals surface area contributed by atoms with E-state index in [1.807, 2.05) is 54.7 Å². The molecular formula is C33H34ClN5O2S. The smallest absolute Gasteiger partial charge is 0.337 e. The molecule has 4 atom stereocenters. The van der Waals surface area contributed by atoms with E-state index in [0.717, 1.165) is 41.5 Å². The first-order chi connectivity index (χ1) is 20.3. The van der Waals surface area contributed by atoms with E-state index < -0.39 is 0 Å². The number of carbonyl (C=O) groups is 1. The van der Waals surface area contributed by atoms with Crippen LogP contribution in [0.5, 0.6) is 0 Å². The number of benzene rings is 2. The van der Waals surface area contributed by atoms with Gasteiger partial charge < -0.3 is 24.4 Å². The minimum atomic E-state index is -0.380. The number of nitrogens with one attached hydrogen (secondary N) is 1. The van der Waals surface area contributed by atoms with E-state index >= 15 is 0 Å². The molecule has 9 heteroatoms. The maximum Gasteiger partial charge on any atom is 0.337 e. The summed E-state index contributed by atoms with van der Waals surface area (Å²) in [6.07, 6.45) is 5.03. The standard InChI is InChI=1S/C33H34ClN5O2S/c1-21-16-22(2)20-37(19-21)28-13-12-25(18-26(28)34)39-31(30(36-33(39)42)27-10-4-5-14-35-27)29-11-7-15-38(29)24-9-6-8-23(17-24)32(40)41-3/h4-15,17-18,21-22,30-31H,16,19-20H2,1-3H3,(H,36,42)/t21-,22+,30-,31-/m1/s1. The molecule has 0 spiro atoms. The second-order valence-electron chi connectivity index (χ2n) is 11.3. The Morgan fingerprint density at radius 2 is 1.81 bits per heavy atom. The average molecular weight is 600 g/mol. The molecular weight excluding hydrogens is 566 g/mol. The molecule has 2 aromatic carbocycles. The second-order valence-corrected chi connectivity index (χ2v) is 12.1. The van der Waals surface area contributed by atoms with Gasteiger partial charge in [0.05, 0.1) is 35.1 Å². The number of nitrogens with zero attached hydrogens (tertiary/aromatic N) is 4. The summed E-state index contributed by atoms with van der Waals surface area (Å²) < 4.78 is 7.06. The van der Waals surface area contributed by atoms with Gasteiger partial charge in [-0.1, -0.05) is 37.6 Å². The van der Waals surface area contributed by atoms with Crippen LogP contribution in [0.15, 0.2) is 85.2 Å². The van der Waals surface area contributed by atoms with Crippen molar-refractivity contribution < 1.29 is 9.53 Å². The number of thiocarbonyl (C=S) groups is 1. The fourth-order valence-electron chi connectivity index (χ4n) is 6.47. The van der Waals surface area contributed by atoms with Crippen LogP contribution in [-0.4, -0.2) is 40.8 Å². The number of hydrogen-bond acceptors (Lipinski definition) is 5. The monoisotopic (exact) mass is 599 g/mol. The van der Waals surface area contributed by atoms with E-state index in [1.165, 1.54) is 13.5 Å². The number of methoxy groups -OCH3 is 1. The zero-order valence-corrected chi connectivity index (χ0v) is 25.5. The Hall–Kier alpha value is -3.88. The van der Waals surface area contributed by atoms with Crippen molar-refractivity contribution in [2.75, 3.05) is 30.0 Å². The van der Waals surface area contributed by atoms with Gasteiger partial charge in [-0.3, -0.25) is 4.98 Å². The van der Waals surface area contributed by atoms with Crippen LogP contribution >= 0.6 is 23.8 Å². The molecule has 2 aliphatic heterocycles. The predicted molar refractivity (Wildman–Crippen MR) is 172 cm³/mol. The minimum absolute atomic E-state index is 0.224. The zero-order chi connectivity index (χ0) is 29.4. The van der Waals surface area contributed by atoms with Gasteiger partial charge in [0.25, 0.3) is 0 Å². The molecule has 0 saturated carbocycles. The Labute approximate surface area is 257 Å². The summed E-state index contributed by atoms with van der Waals surface area (Å²) in [5, 5.41) is 4.84. The molecule has 2 saturated heterocycles. The zero-order valence-electron chi connectivity index (χ0n) is 23.9. The molecule has 0 radical (unpaired) electrons. The van der Waals surface area contributed by atoms with Crippen LogP contribution in [0.3, 0.4) is 0 Å². The highest BCUT2D eigenvalue weighted by atomic mass is 35.5. The Morgan fingerprint density at radius 1 is 1.00 bits per heavy atom. The summed E-state index contributed by atoms with van der Waals surface area (Å²) in [4.78, 5) is 21.5. The molecule has 4 heterocycles. The summed E-state index contributed by atoms with van der Waals surface area (Å²) in [6.45, 7) is 6.60. The van der Waals surface area contributed by atoms with E-state index in [9.17, 15) is 4.79 Å². The van der Waals surface area contributed by atoms with Crippen LogP contribution in [0.1, 0.15) is 54.1 Å².